The van der Waals surface area contributed by atoms with Crippen LogP contribution in [0.5, 0.6) is 11.5 Å². The number of aliphatic hydroxyl groups is 4. The first-order valence-corrected chi connectivity index (χ1v) is 21.2. The number of phenols is 1. The van der Waals surface area contributed by atoms with Gasteiger partial charge in [0.05, 0.1) is 24.6 Å². The van der Waals surface area contributed by atoms with Crippen LogP contribution in [0.2, 0.25) is 0 Å². The average molecular weight is 931 g/mol. The number of alkyl carbamates (subject to hydrolysis) is 1. The minimum absolute atomic E-state index is 0.00478. The van der Waals surface area contributed by atoms with Crippen LogP contribution < -0.4 is 31.3 Å². The summed E-state index contributed by atoms with van der Waals surface area (Å²) in [5.74, 6) is -4.58. The molecule has 1 saturated heterocycles. The van der Waals surface area contributed by atoms with E-state index in [4.69, 9.17) is 14.2 Å². The van der Waals surface area contributed by atoms with Gasteiger partial charge < -0.3 is 71.4 Å². The van der Waals surface area contributed by atoms with Crippen LogP contribution in [0, 0.1) is 10.1 Å². The Morgan fingerprint density at radius 1 is 0.785 bits per heavy atom. The van der Waals surface area contributed by atoms with Crippen LogP contribution >= 0.6 is 11.8 Å². The lowest BCUT2D eigenvalue weighted by atomic mass is 9.99. The molecule has 4 rings (SSSR count). The Balaban J connectivity index is 1.35. The summed E-state index contributed by atoms with van der Waals surface area (Å²) in [4.78, 5) is 88.0. The Labute approximate surface area is 375 Å². The zero-order chi connectivity index (χ0) is 47.6. The van der Waals surface area contributed by atoms with Gasteiger partial charge in [0.1, 0.15) is 54.9 Å². The molecule has 0 aliphatic carbocycles. The largest absolute Gasteiger partial charge is 0.508 e. The van der Waals surface area contributed by atoms with E-state index in [2.05, 4.69) is 26.6 Å². The molecule has 11 N–H and O–H groups in total. The molecule has 0 bridgehead atoms. The summed E-state index contributed by atoms with van der Waals surface area (Å²) >= 11 is 1.40. The van der Waals surface area contributed by atoms with E-state index < -0.39 is 127 Å². The van der Waals surface area contributed by atoms with E-state index in [1.54, 1.807) is 36.6 Å². The summed E-state index contributed by atoms with van der Waals surface area (Å²) in [6, 6.07) is 13.8. The van der Waals surface area contributed by atoms with E-state index in [0.29, 0.717) is 16.9 Å². The number of carbonyl (C=O) groups is 6. The number of aromatic hydroxyl groups is 1. The average Bonchev–Trinajstić information content (AvgIpc) is 3.28. The molecule has 0 radical (unpaired) electrons. The van der Waals surface area contributed by atoms with Crippen molar-refractivity contribution >= 4 is 53.1 Å². The zero-order valence-corrected chi connectivity index (χ0v) is 35.5. The number of rotatable bonds is 23. The number of nitrogens with one attached hydrogen (secondary N) is 5. The van der Waals surface area contributed by atoms with Gasteiger partial charge in [-0.05, 0) is 53.3 Å². The molecule has 3 aromatic rings. The lowest BCUT2D eigenvalue weighted by Gasteiger charge is -2.39. The highest BCUT2D eigenvalue weighted by Gasteiger charge is 2.45. The fraction of sp³-hybridized carbons (Fsp3) is 0.415. The number of carboxylic acid groups (broad SMARTS) is 1. The van der Waals surface area contributed by atoms with Crippen molar-refractivity contribution in [1.29, 1.82) is 0 Å². The first-order valence-electron chi connectivity index (χ1n) is 19.8. The molecule has 3 aromatic carbocycles. The van der Waals surface area contributed by atoms with Gasteiger partial charge in [0, 0.05) is 18.9 Å². The third-order valence-corrected chi connectivity index (χ3v) is 10.3. The Kier molecular flexibility index (Phi) is 19.7. The molecule has 1 aliphatic rings. The number of aliphatic hydroxyl groups excluding tert-OH is 4. The second kappa shape index (κ2) is 25.1. The van der Waals surface area contributed by atoms with Gasteiger partial charge in [-0.1, -0.05) is 48.5 Å². The number of phenolic OH excluding ortho intramolecular Hbond substituents is 1. The van der Waals surface area contributed by atoms with Crippen molar-refractivity contribution in [2.45, 2.75) is 74.7 Å². The molecule has 5 amide bonds. The number of carbonyl (C=O) groups excluding carboxylic acids is 5. The molecule has 1 aliphatic heterocycles. The zero-order valence-electron chi connectivity index (χ0n) is 34.7. The third kappa shape index (κ3) is 15.9. The predicted octanol–water partition coefficient (Wildman–Crippen LogP) is -1.40. The van der Waals surface area contributed by atoms with Crippen LogP contribution in [-0.4, -0.2) is 152 Å². The first-order chi connectivity index (χ1) is 31.0. The van der Waals surface area contributed by atoms with Crippen molar-refractivity contribution in [3.8, 4) is 11.5 Å². The molecule has 0 unspecified atom stereocenters. The molecular formula is C41H50N6O17S. The van der Waals surface area contributed by atoms with Crippen LogP contribution in [0.1, 0.15) is 23.1 Å². The number of hydrogen-bond acceptors (Lipinski definition) is 17. The van der Waals surface area contributed by atoms with E-state index in [9.17, 15) is 69.5 Å². The van der Waals surface area contributed by atoms with Gasteiger partial charge in [0.2, 0.25) is 29.9 Å². The monoisotopic (exact) mass is 930 g/mol. The second-order valence-corrected chi connectivity index (χ2v) is 15.5. The van der Waals surface area contributed by atoms with Crippen LogP contribution in [0.25, 0.3) is 0 Å². The molecule has 0 aromatic heterocycles. The van der Waals surface area contributed by atoms with E-state index in [1.165, 1.54) is 42.1 Å². The summed E-state index contributed by atoms with van der Waals surface area (Å²) < 4.78 is 15.9. The smallest absolute Gasteiger partial charge is 0.408 e. The van der Waals surface area contributed by atoms with Gasteiger partial charge in [0.15, 0.2) is 5.75 Å². The highest BCUT2D eigenvalue weighted by atomic mass is 32.2. The summed E-state index contributed by atoms with van der Waals surface area (Å²) in [6.45, 7) is -2.66. The van der Waals surface area contributed by atoms with Gasteiger partial charge >= 0.3 is 17.7 Å². The molecule has 0 spiro atoms. The number of nitrogens with zero attached hydrogens (tertiary/aromatic N) is 1. The number of carboxylic acids is 1. The van der Waals surface area contributed by atoms with Crippen LogP contribution in [-0.2, 0) is 52.9 Å². The minimum Gasteiger partial charge on any atom is -0.508 e. The molecule has 8 atom stereocenters. The Morgan fingerprint density at radius 2 is 1.42 bits per heavy atom. The van der Waals surface area contributed by atoms with Crippen LogP contribution in [0.15, 0.2) is 72.8 Å². The second-order valence-electron chi connectivity index (χ2n) is 14.5. The minimum atomic E-state index is -1.85. The Hall–Kier alpha value is -6.57. The normalized spacial score (nSPS) is 19.3. The number of ether oxygens (including phenoxy) is 3. The van der Waals surface area contributed by atoms with Gasteiger partial charge in [-0.3, -0.25) is 29.3 Å². The van der Waals surface area contributed by atoms with Crippen LogP contribution in [0.3, 0.4) is 0 Å². The predicted molar refractivity (Wildman–Crippen MR) is 227 cm³/mol. The fourth-order valence-electron chi connectivity index (χ4n) is 6.20. The molecular weight excluding hydrogens is 881 g/mol. The molecule has 24 heteroatoms. The summed E-state index contributed by atoms with van der Waals surface area (Å²) in [7, 11) is 0. The van der Waals surface area contributed by atoms with Crippen molar-refractivity contribution in [1.82, 2.24) is 26.6 Å². The highest BCUT2D eigenvalue weighted by Crippen LogP contribution is 2.32. The first kappa shape index (κ1) is 51.1. The third-order valence-electron chi connectivity index (χ3n) is 9.70. The van der Waals surface area contributed by atoms with Gasteiger partial charge in [-0.2, -0.15) is 11.8 Å². The van der Waals surface area contributed by atoms with E-state index in [1.807, 2.05) is 0 Å². The van der Waals surface area contributed by atoms with Gasteiger partial charge in [-0.15, -0.1) is 0 Å². The summed E-state index contributed by atoms with van der Waals surface area (Å²) in [6.07, 6.45) is -7.84. The van der Waals surface area contributed by atoms with Crippen LogP contribution in [0.4, 0.5) is 10.5 Å². The lowest BCUT2D eigenvalue weighted by molar-refractivity contribution is -0.387. The topological polar surface area (TPSA) is 355 Å². The molecule has 0 saturated carbocycles. The van der Waals surface area contributed by atoms with Gasteiger partial charge in [-0.25, -0.2) is 9.59 Å². The highest BCUT2D eigenvalue weighted by molar-refractivity contribution is 7.98. The molecule has 23 nitrogen and oxygen atoms in total. The van der Waals surface area contributed by atoms with Crippen molar-refractivity contribution in [2.75, 3.05) is 31.7 Å². The van der Waals surface area contributed by atoms with Crippen molar-refractivity contribution < 1.29 is 78.5 Å². The Bertz CT molecular complexity index is 2120. The number of nitro groups is 1. The molecule has 1 heterocycles. The standard InChI is InChI=1S/C41H50N6O17S/c1-65-14-13-26(39(57)58)45-38(56)28(15-22-5-3-2-4-6-22)44-33(51)19-42-32(50)18-43-37(55)27(16-23-7-10-25(49)11-8-23)46-41(59)62-21-24-9-12-30(29(17-24)47(60)61)63-40-36(54)35(53)34(52)31(20-48)64-40/h2-12,17,26-28,31,34-36,40,48-49,52-54H,13-16,18-21H2,1H3,(H,42,50)(H,43,55)(H,44,51)(H,45,56)(H,46,59)(H,57,58)/t26-,27-,28-,31+,34-,35-,36+,40+/m0/s1. The number of benzene rings is 3. The number of aliphatic carboxylic acids is 1. The van der Waals surface area contributed by atoms with E-state index in [0.717, 1.165) is 12.1 Å². The lowest BCUT2D eigenvalue weighted by Crippen LogP contribution is -2.60. The summed E-state index contributed by atoms with van der Waals surface area (Å²) in [5, 5.41) is 83.0. The quantitative estimate of drug-likeness (QED) is 0.0385. The fourth-order valence-corrected chi connectivity index (χ4v) is 6.67. The molecule has 352 valence electrons. The molecule has 1 fully saturated rings. The number of thioether (sulfide) groups is 1. The maximum atomic E-state index is 13.3. The van der Waals surface area contributed by atoms with Gasteiger partial charge in [0.25, 0.3) is 0 Å². The van der Waals surface area contributed by atoms with Crippen molar-refractivity contribution in [2.24, 2.45) is 0 Å². The SMILES string of the molecule is CSCC[C@H](NC(=O)[C@H](Cc1ccccc1)NC(=O)CNC(=O)CNC(=O)[C@H](Cc1ccc(O)cc1)NC(=O)OCc1ccc(O[C@@H]2O[C@H](CO)[C@H](O)[C@H](O)[C@H]2O)c([N+](=O)[O-])c1)C(=O)O. The van der Waals surface area contributed by atoms with Crippen molar-refractivity contribution in [3.05, 3.63) is 99.6 Å². The summed E-state index contributed by atoms with van der Waals surface area (Å²) in [5.41, 5.74) is 0.516. The maximum absolute atomic E-state index is 13.3. The maximum Gasteiger partial charge on any atom is 0.408 e. The van der Waals surface area contributed by atoms with Crippen molar-refractivity contribution in [3.63, 3.8) is 0 Å². The number of amides is 5. The molecule has 65 heavy (non-hydrogen) atoms. The Morgan fingerprint density at radius 3 is 2.05 bits per heavy atom. The number of hydrogen-bond donors (Lipinski definition) is 11. The van der Waals surface area contributed by atoms with E-state index in [-0.39, 0.29) is 30.6 Å². The number of nitro benzene ring substituents is 1. The van der Waals surface area contributed by atoms with E-state index >= 15 is 0 Å².